The standard InChI is InChI=1S/2C2H5.CH3.W/c2*1-2;;/h2*1H2,2H3;1H3;/q3*-1;. The fourth-order valence-electron chi connectivity index (χ4n) is 0. The molecule has 0 aliphatic carbocycles. The van der Waals surface area contributed by atoms with Crippen LogP contribution < -0.4 is 0 Å². The Morgan fingerprint density at radius 2 is 0.833 bits per heavy atom. The quantitative estimate of drug-likeness (QED) is 0.583. The van der Waals surface area contributed by atoms with E-state index < -0.39 is 0 Å². The molecule has 0 aromatic rings. The Labute approximate surface area is 56.6 Å². The SMILES string of the molecule is [CH2-]C.[CH2-]C.[CH3-].[W]. The average Bonchev–Trinajstić information content (AvgIpc) is 1.50. The van der Waals surface area contributed by atoms with Gasteiger partial charge in [-0.15, -0.1) is 0 Å². The van der Waals surface area contributed by atoms with Crippen LogP contribution in [0.1, 0.15) is 13.8 Å². The number of hydrogen-bond donors (Lipinski definition) is 0. The molecule has 0 aromatic carbocycles. The van der Waals surface area contributed by atoms with E-state index in [4.69, 9.17) is 0 Å². The van der Waals surface area contributed by atoms with Crippen molar-refractivity contribution in [2.24, 2.45) is 0 Å². The third-order valence-corrected chi connectivity index (χ3v) is 0. The van der Waals surface area contributed by atoms with Gasteiger partial charge in [-0.3, -0.25) is 0 Å². The monoisotopic (exact) mass is 257 g/mol. The molecule has 0 aliphatic rings. The summed E-state index contributed by atoms with van der Waals surface area (Å²) >= 11 is 0. The van der Waals surface area contributed by atoms with Gasteiger partial charge in [0.2, 0.25) is 0 Å². The summed E-state index contributed by atoms with van der Waals surface area (Å²) in [4.78, 5) is 0. The van der Waals surface area contributed by atoms with Crippen molar-refractivity contribution in [2.75, 3.05) is 0 Å². The van der Waals surface area contributed by atoms with E-state index in [1.54, 1.807) is 13.8 Å². The molecule has 42 valence electrons. The molecule has 0 rings (SSSR count). The second-order valence-electron chi connectivity index (χ2n) is 0. The molecule has 0 spiro atoms. The van der Waals surface area contributed by atoms with E-state index in [9.17, 15) is 0 Å². The van der Waals surface area contributed by atoms with E-state index >= 15 is 0 Å². The summed E-state index contributed by atoms with van der Waals surface area (Å²) in [6.45, 7) is 10.0. The molecular formula is C5H13W-3. The molecule has 0 aliphatic heterocycles. The molecule has 0 saturated carbocycles. The molecule has 0 radical (unpaired) electrons. The van der Waals surface area contributed by atoms with Gasteiger partial charge in [-0.1, -0.05) is 0 Å². The van der Waals surface area contributed by atoms with Crippen molar-refractivity contribution in [3.05, 3.63) is 21.3 Å². The molecule has 1 heteroatoms. The smallest absolute Gasteiger partial charge is 0 e. The van der Waals surface area contributed by atoms with E-state index in [2.05, 4.69) is 13.8 Å². The van der Waals surface area contributed by atoms with E-state index in [1.807, 2.05) is 0 Å². The molecule has 0 heterocycles. The van der Waals surface area contributed by atoms with Crippen molar-refractivity contribution >= 4 is 0 Å². The van der Waals surface area contributed by atoms with Crippen LogP contribution >= 0.6 is 0 Å². The maximum atomic E-state index is 3.25. The van der Waals surface area contributed by atoms with E-state index in [0.717, 1.165) is 0 Å². The van der Waals surface area contributed by atoms with Crippen molar-refractivity contribution in [3.63, 3.8) is 0 Å². The minimum atomic E-state index is 0. The Bertz CT molecular complexity index is 3.90. The summed E-state index contributed by atoms with van der Waals surface area (Å²) in [6.07, 6.45) is 0. The van der Waals surface area contributed by atoms with E-state index in [-0.39, 0.29) is 28.5 Å². The van der Waals surface area contributed by atoms with Crippen molar-refractivity contribution < 1.29 is 21.1 Å². The van der Waals surface area contributed by atoms with Gasteiger partial charge in [-0.25, -0.2) is 0 Å². The van der Waals surface area contributed by atoms with E-state index in [0.29, 0.717) is 0 Å². The van der Waals surface area contributed by atoms with Crippen molar-refractivity contribution in [1.82, 2.24) is 0 Å². The minimum absolute atomic E-state index is 0. The summed E-state index contributed by atoms with van der Waals surface area (Å²) in [7, 11) is 0. The largest absolute Gasteiger partial charge is 0.358 e. The third kappa shape index (κ3) is 135. The van der Waals surface area contributed by atoms with Crippen LogP contribution in [0.4, 0.5) is 0 Å². The van der Waals surface area contributed by atoms with Crippen molar-refractivity contribution in [2.45, 2.75) is 13.8 Å². The fraction of sp³-hybridized carbons (Fsp3) is 0.400. The number of rotatable bonds is 0. The zero-order valence-electron chi connectivity index (χ0n) is 4.82. The fourth-order valence-corrected chi connectivity index (χ4v) is 0. The molecule has 0 amide bonds. The normalized spacial score (nSPS) is 2.00. The maximum Gasteiger partial charge on any atom is 0 e. The van der Waals surface area contributed by atoms with Gasteiger partial charge in [-0.2, -0.15) is 13.8 Å². The Hall–Kier alpha value is 0.688. The van der Waals surface area contributed by atoms with Gasteiger partial charge in [0, 0.05) is 21.1 Å². The molecule has 0 unspecified atom stereocenters. The van der Waals surface area contributed by atoms with E-state index in [1.165, 1.54) is 0 Å². The van der Waals surface area contributed by atoms with Crippen LogP contribution in [0.25, 0.3) is 0 Å². The first kappa shape index (κ1) is 29.9. The van der Waals surface area contributed by atoms with Crippen molar-refractivity contribution in [3.8, 4) is 0 Å². The second kappa shape index (κ2) is 264. The second-order valence-corrected chi connectivity index (χ2v) is 0. The van der Waals surface area contributed by atoms with Crippen LogP contribution in [-0.2, 0) is 21.1 Å². The van der Waals surface area contributed by atoms with Gasteiger partial charge in [0.05, 0.1) is 0 Å². The molecule has 0 bridgehead atoms. The summed E-state index contributed by atoms with van der Waals surface area (Å²) in [6, 6.07) is 0. The molecule has 0 saturated heterocycles. The van der Waals surface area contributed by atoms with Gasteiger partial charge in [0.25, 0.3) is 0 Å². The zero-order valence-corrected chi connectivity index (χ0v) is 7.76. The van der Waals surface area contributed by atoms with Crippen LogP contribution in [0.2, 0.25) is 0 Å². The summed E-state index contributed by atoms with van der Waals surface area (Å²) < 4.78 is 0. The van der Waals surface area contributed by atoms with Crippen LogP contribution in [0, 0.1) is 21.3 Å². The molecule has 6 heavy (non-hydrogen) atoms. The molecular weight excluding hydrogens is 244 g/mol. The first-order valence-electron chi connectivity index (χ1n) is 1.41. The minimum Gasteiger partial charge on any atom is -0.358 e. The van der Waals surface area contributed by atoms with Crippen LogP contribution in [0.3, 0.4) is 0 Å². The Kier molecular flexibility index (Phi) is 1320. The van der Waals surface area contributed by atoms with Gasteiger partial charge in [-0.05, 0) is 0 Å². The van der Waals surface area contributed by atoms with Crippen LogP contribution in [-0.4, -0.2) is 0 Å². The van der Waals surface area contributed by atoms with Crippen LogP contribution in [0.15, 0.2) is 0 Å². The Balaban J connectivity index is -0.00000000500. The first-order valence-corrected chi connectivity index (χ1v) is 1.41. The Morgan fingerprint density at radius 1 is 0.833 bits per heavy atom. The average molecular weight is 257 g/mol. The maximum absolute atomic E-state index is 3.25. The van der Waals surface area contributed by atoms with Crippen molar-refractivity contribution in [1.29, 1.82) is 0 Å². The molecule has 0 aromatic heterocycles. The third-order valence-electron chi connectivity index (χ3n) is 0. The molecule has 0 nitrogen and oxygen atoms in total. The Morgan fingerprint density at radius 3 is 0.833 bits per heavy atom. The van der Waals surface area contributed by atoms with Crippen LogP contribution in [0.5, 0.6) is 0 Å². The molecule has 0 N–H and O–H groups in total. The summed E-state index contributed by atoms with van der Waals surface area (Å²) in [5.74, 6) is 0. The first-order chi connectivity index (χ1) is 2.00. The van der Waals surface area contributed by atoms with Gasteiger partial charge < -0.3 is 21.3 Å². The predicted molar refractivity (Wildman–Crippen MR) is 28.5 cm³/mol. The zero-order chi connectivity index (χ0) is 4.00. The molecule has 0 atom stereocenters. The summed E-state index contributed by atoms with van der Waals surface area (Å²) in [5.41, 5.74) is 0. The van der Waals surface area contributed by atoms with Gasteiger partial charge >= 0.3 is 0 Å². The topological polar surface area (TPSA) is 0 Å². The summed E-state index contributed by atoms with van der Waals surface area (Å²) in [5, 5.41) is 0. The predicted octanol–water partition coefficient (Wildman–Crippen LogP) is 2.13. The van der Waals surface area contributed by atoms with Gasteiger partial charge in [0.1, 0.15) is 0 Å². The van der Waals surface area contributed by atoms with Gasteiger partial charge in [0.15, 0.2) is 0 Å². The molecule has 0 fully saturated rings. The number of hydrogen-bond acceptors (Lipinski definition) is 0.